The van der Waals surface area contributed by atoms with Crippen molar-refractivity contribution < 1.29 is 9.21 Å². The van der Waals surface area contributed by atoms with E-state index < -0.39 is 0 Å². The first-order valence-electron chi connectivity index (χ1n) is 5.74. The number of halogens is 1. The van der Waals surface area contributed by atoms with Gasteiger partial charge in [-0.2, -0.15) is 0 Å². The summed E-state index contributed by atoms with van der Waals surface area (Å²) in [5.74, 6) is 0.432. The normalized spacial score (nSPS) is 12.1. The van der Waals surface area contributed by atoms with Crippen molar-refractivity contribution in [2.75, 3.05) is 5.88 Å². The molecule has 0 unspecified atom stereocenters. The first-order chi connectivity index (χ1) is 8.79. The Morgan fingerprint density at radius 3 is 2.61 bits per heavy atom. The minimum absolute atomic E-state index is 0.105. The van der Waals surface area contributed by atoms with Crippen LogP contribution in [0.2, 0.25) is 0 Å². The van der Waals surface area contributed by atoms with Crippen molar-refractivity contribution >= 4 is 17.5 Å². The number of rotatable bonds is 5. The molecule has 2 rings (SSSR count). The largest absolute Gasteiger partial charge is 0.459 e. The molecule has 3 nitrogen and oxygen atoms in total. The van der Waals surface area contributed by atoms with Gasteiger partial charge in [0.25, 0.3) is 5.91 Å². The summed E-state index contributed by atoms with van der Waals surface area (Å²) in [6, 6.07) is 13.1. The van der Waals surface area contributed by atoms with Gasteiger partial charge in [0.15, 0.2) is 5.76 Å². The van der Waals surface area contributed by atoms with E-state index in [1.165, 1.54) is 6.26 Å². The Morgan fingerprint density at radius 2 is 2.00 bits per heavy atom. The van der Waals surface area contributed by atoms with Crippen LogP contribution in [-0.2, 0) is 6.42 Å². The lowest BCUT2D eigenvalue weighted by atomic mass is 10.1. The number of nitrogens with one attached hydrogen (secondary N) is 1. The average molecular weight is 264 g/mol. The highest BCUT2D eigenvalue weighted by atomic mass is 35.5. The zero-order chi connectivity index (χ0) is 12.8. The van der Waals surface area contributed by atoms with E-state index >= 15 is 0 Å². The molecular formula is C14H14ClNO2. The van der Waals surface area contributed by atoms with Gasteiger partial charge in [0.1, 0.15) is 0 Å². The van der Waals surface area contributed by atoms with E-state index in [0.717, 1.165) is 5.56 Å². The standard InChI is InChI=1S/C14H14ClNO2/c15-10-12(9-11-5-2-1-3-6-11)16-14(17)13-7-4-8-18-13/h1-8,12H,9-10H2,(H,16,17)/t12-/m0/s1. The topological polar surface area (TPSA) is 42.2 Å². The molecule has 0 spiro atoms. The third kappa shape index (κ3) is 3.37. The van der Waals surface area contributed by atoms with Gasteiger partial charge in [0.05, 0.1) is 6.26 Å². The Labute approximate surface area is 111 Å². The Morgan fingerprint density at radius 1 is 1.22 bits per heavy atom. The fraction of sp³-hybridized carbons (Fsp3) is 0.214. The number of alkyl halides is 1. The van der Waals surface area contributed by atoms with Crippen LogP contribution in [0.3, 0.4) is 0 Å². The van der Waals surface area contributed by atoms with Gasteiger partial charge in [-0.05, 0) is 24.1 Å². The van der Waals surface area contributed by atoms with Gasteiger partial charge < -0.3 is 9.73 Å². The Bertz CT molecular complexity index is 482. The summed E-state index contributed by atoms with van der Waals surface area (Å²) in [5, 5.41) is 2.85. The molecule has 1 atom stereocenters. The summed E-state index contributed by atoms with van der Waals surface area (Å²) in [5.41, 5.74) is 1.14. The van der Waals surface area contributed by atoms with E-state index in [9.17, 15) is 4.79 Å². The molecule has 2 aromatic rings. The highest BCUT2D eigenvalue weighted by Gasteiger charge is 2.15. The molecule has 18 heavy (non-hydrogen) atoms. The fourth-order valence-electron chi connectivity index (χ4n) is 1.71. The second-order valence-electron chi connectivity index (χ2n) is 3.99. The second-order valence-corrected chi connectivity index (χ2v) is 4.30. The van der Waals surface area contributed by atoms with Crippen molar-refractivity contribution in [2.24, 2.45) is 0 Å². The second kappa shape index (κ2) is 6.26. The number of amides is 1. The van der Waals surface area contributed by atoms with Gasteiger partial charge in [-0.1, -0.05) is 30.3 Å². The Hall–Kier alpha value is -1.74. The van der Waals surface area contributed by atoms with E-state index in [4.69, 9.17) is 16.0 Å². The van der Waals surface area contributed by atoms with Crippen molar-refractivity contribution in [2.45, 2.75) is 12.5 Å². The summed E-state index contributed by atoms with van der Waals surface area (Å²) >= 11 is 5.88. The molecule has 0 radical (unpaired) electrons. The monoisotopic (exact) mass is 263 g/mol. The van der Waals surface area contributed by atoms with Gasteiger partial charge in [-0.15, -0.1) is 11.6 Å². The molecule has 0 fully saturated rings. The van der Waals surface area contributed by atoms with E-state index in [0.29, 0.717) is 18.1 Å². The van der Waals surface area contributed by atoms with Crippen LogP contribution in [-0.4, -0.2) is 17.8 Å². The molecule has 1 amide bonds. The van der Waals surface area contributed by atoms with Crippen molar-refractivity contribution in [3.8, 4) is 0 Å². The Balaban J connectivity index is 1.96. The molecule has 0 aliphatic carbocycles. The van der Waals surface area contributed by atoms with Gasteiger partial charge in [0, 0.05) is 11.9 Å². The highest BCUT2D eigenvalue weighted by Crippen LogP contribution is 2.06. The third-order valence-electron chi connectivity index (χ3n) is 2.59. The number of carbonyl (C=O) groups is 1. The predicted molar refractivity (Wildman–Crippen MR) is 70.8 cm³/mol. The molecule has 1 heterocycles. The molecule has 0 aliphatic rings. The number of furan rings is 1. The Kier molecular flexibility index (Phi) is 4.42. The number of benzene rings is 1. The van der Waals surface area contributed by atoms with Crippen LogP contribution >= 0.6 is 11.6 Å². The summed E-state index contributed by atoms with van der Waals surface area (Å²) in [7, 11) is 0. The quantitative estimate of drug-likeness (QED) is 0.843. The minimum atomic E-state index is -0.235. The lowest BCUT2D eigenvalue weighted by Crippen LogP contribution is -2.37. The third-order valence-corrected chi connectivity index (χ3v) is 2.96. The van der Waals surface area contributed by atoms with Crippen LogP contribution in [0.15, 0.2) is 53.1 Å². The molecule has 0 aliphatic heterocycles. The molecule has 1 N–H and O–H groups in total. The van der Waals surface area contributed by atoms with Crippen molar-refractivity contribution in [1.29, 1.82) is 0 Å². The first-order valence-corrected chi connectivity index (χ1v) is 6.27. The van der Waals surface area contributed by atoms with Crippen LogP contribution in [0.5, 0.6) is 0 Å². The van der Waals surface area contributed by atoms with Crippen LogP contribution in [0.25, 0.3) is 0 Å². The lowest BCUT2D eigenvalue weighted by molar-refractivity contribution is 0.0912. The fourth-order valence-corrected chi connectivity index (χ4v) is 1.89. The smallest absolute Gasteiger partial charge is 0.287 e. The first kappa shape index (κ1) is 12.7. The van der Waals surface area contributed by atoms with Crippen molar-refractivity contribution in [3.63, 3.8) is 0 Å². The molecule has 1 aromatic carbocycles. The molecule has 0 saturated carbocycles. The van der Waals surface area contributed by atoms with E-state index in [1.807, 2.05) is 30.3 Å². The van der Waals surface area contributed by atoms with E-state index in [2.05, 4.69) is 5.32 Å². The van der Waals surface area contributed by atoms with Crippen molar-refractivity contribution in [3.05, 3.63) is 60.1 Å². The minimum Gasteiger partial charge on any atom is -0.459 e. The van der Waals surface area contributed by atoms with Gasteiger partial charge in [0.2, 0.25) is 0 Å². The maximum Gasteiger partial charge on any atom is 0.287 e. The van der Waals surface area contributed by atoms with Crippen molar-refractivity contribution in [1.82, 2.24) is 5.32 Å². The maximum atomic E-state index is 11.8. The van der Waals surface area contributed by atoms with Crippen LogP contribution in [0.4, 0.5) is 0 Å². The van der Waals surface area contributed by atoms with Gasteiger partial charge in [-0.25, -0.2) is 0 Å². The number of hydrogen-bond donors (Lipinski definition) is 1. The van der Waals surface area contributed by atoms with E-state index in [1.54, 1.807) is 12.1 Å². The summed E-state index contributed by atoms with van der Waals surface area (Å²) < 4.78 is 5.04. The number of carbonyl (C=O) groups excluding carboxylic acids is 1. The maximum absolute atomic E-state index is 11.8. The van der Waals surface area contributed by atoms with Gasteiger partial charge >= 0.3 is 0 Å². The molecule has 1 aromatic heterocycles. The molecule has 0 saturated heterocycles. The van der Waals surface area contributed by atoms with Crippen LogP contribution in [0, 0.1) is 0 Å². The molecule has 0 bridgehead atoms. The molecule has 94 valence electrons. The predicted octanol–water partition coefficient (Wildman–Crippen LogP) is 2.86. The molecule has 4 heteroatoms. The number of hydrogen-bond acceptors (Lipinski definition) is 2. The van der Waals surface area contributed by atoms with E-state index in [-0.39, 0.29) is 11.9 Å². The summed E-state index contributed by atoms with van der Waals surface area (Å²) in [6.45, 7) is 0. The van der Waals surface area contributed by atoms with Crippen LogP contribution in [0.1, 0.15) is 16.1 Å². The van der Waals surface area contributed by atoms with Gasteiger partial charge in [-0.3, -0.25) is 4.79 Å². The van der Waals surface area contributed by atoms with Crippen LogP contribution < -0.4 is 5.32 Å². The zero-order valence-electron chi connectivity index (χ0n) is 9.80. The average Bonchev–Trinajstić information content (AvgIpc) is 2.93. The lowest BCUT2D eigenvalue weighted by Gasteiger charge is -2.15. The zero-order valence-corrected chi connectivity index (χ0v) is 10.6. The molecular weight excluding hydrogens is 250 g/mol. The SMILES string of the molecule is O=C(N[C@H](CCl)Cc1ccccc1)c1ccco1. The summed E-state index contributed by atoms with van der Waals surface area (Å²) in [6.07, 6.45) is 2.18. The highest BCUT2D eigenvalue weighted by molar-refractivity contribution is 6.18. The summed E-state index contributed by atoms with van der Waals surface area (Å²) in [4.78, 5) is 11.8.